The fourth-order valence-electron chi connectivity index (χ4n) is 3.46. The van der Waals surface area contributed by atoms with Gasteiger partial charge in [-0.15, -0.1) is 0 Å². The molecule has 0 amide bonds. The van der Waals surface area contributed by atoms with Gasteiger partial charge in [0.1, 0.15) is 11.4 Å². The summed E-state index contributed by atoms with van der Waals surface area (Å²) in [6.07, 6.45) is 5.91. The van der Waals surface area contributed by atoms with Crippen molar-refractivity contribution in [2.24, 2.45) is 11.8 Å². The van der Waals surface area contributed by atoms with Crippen LogP contribution in [-0.4, -0.2) is 16.6 Å². The first-order chi connectivity index (χ1) is 9.59. The van der Waals surface area contributed by atoms with Crippen LogP contribution in [0.4, 0.5) is 10.1 Å². The molecule has 0 heterocycles. The van der Waals surface area contributed by atoms with Gasteiger partial charge in [0.25, 0.3) is 0 Å². The summed E-state index contributed by atoms with van der Waals surface area (Å²) in [5, 5.41) is 12.9. The van der Waals surface area contributed by atoms with E-state index in [2.05, 4.69) is 5.32 Å². The molecule has 2 atom stereocenters. The minimum atomic E-state index is -0.886. The van der Waals surface area contributed by atoms with Crippen molar-refractivity contribution in [1.29, 1.82) is 0 Å². The molecule has 0 aromatic heterocycles. The number of nitrogens with one attached hydrogen (secondary N) is 1. The van der Waals surface area contributed by atoms with Crippen LogP contribution < -0.4 is 5.32 Å². The molecular weight excluding hydrogens is 257 g/mol. The van der Waals surface area contributed by atoms with E-state index in [9.17, 15) is 14.3 Å². The maximum atomic E-state index is 13.0. The summed E-state index contributed by atoms with van der Waals surface area (Å²) < 4.78 is 13.0. The second kappa shape index (κ2) is 5.08. The van der Waals surface area contributed by atoms with Crippen LogP contribution in [0.1, 0.15) is 38.5 Å². The Morgan fingerprint density at radius 2 is 1.90 bits per heavy atom. The minimum absolute atomic E-state index is 0.306. The SMILES string of the molecule is O=C(O)C1(Nc2ccc(F)cc2)CCCC(C2CC2)C1. The van der Waals surface area contributed by atoms with E-state index >= 15 is 0 Å². The molecule has 1 aromatic rings. The zero-order chi connectivity index (χ0) is 14.2. The summed E-state index contributed by atoms with van der Waals surface area (Å²) in [5.74, 6) is 0.156. The number of carboxylic acids is 1. The minimum Gasteiger partial charge on any atom is -0.480 e. The molecule has 0 spiro atoms. The van der Waals surface area contributed by atoms with Gasteiger partial charge >= 0.3 is 5.97 Å². The van der Waals surface area contributed by atoms with E-state index in [0.29, 0.717) is 24.4 Å². The smallest absolute Gasteiger partial charge is 0.329 e. The van der Waals surface area contributed by atoms with Crippen LogP contribution in [-0.2, 0) is 4.79 Å². The van der Waals surface area contributed by atoms with Gasteiger partial charge in [0.2, 0.25) is 0 Å². The Kier molecular flexibility index (Phi) is 3.40. The molecule has 0 saturated heterocycles. The first-order valence-electron chi connectivity index (χ1n) is 7.36. The van der Waals surface area contributed by atoms with E-state index in [0.717, 1.165) is 18.8 Å². The Hall–Kier alpha value is -1.58. The van der Waals surface area contributed by atoms with Crippen LogP contribution in [0.2, 0.25) is 0 Å². The van der Waals surface area contributed by atoms with Gasteiger partial charge in [0.05, 0.1) is 0 Å². The van der Waals surface area contributed by atoms with Crippen molar-refractivity contribution in [3.8, 4) is 0 Å². The molecule has 20 heavy (non-hydrogen) atoms. The summed E-state index contributed by atoms with van der Waals surface area (Å²) in [7, 11) is 0. The Balaban J connectivity index is 1.79. The highest BCUT2D eigenvalue weighted by Gasteiger charge is 2.46. The van der Waals surface area contributed by atoms with Crippen molar-refractivity contribution in [3.63, 3.8) is 0 Å². The lowest BCUT2D eigenvalue weighted by Gasteiger charge is -2.39. The van der Waals surface area contributed by atoms with E-state index in [-0.39, 0.29) is 5.82 Å². The average Bonchev–Trinajstić information content (AvgIpc) is 3.26. The number of halogens is 1. The predicted octanol–water partition coefficient (Wildman–Crippen LogP) is 3.66. The summed E-state index contributed by atoms with van der Waals surface area (Å²) in [6.45, 7) is 0. The fraction of sp³-hybridized carbons (Fsp3) is 0.562. The molecule has 4 heteroatoms. The molecule has 2 unspecified atom stereocenters. The normalized spacial score (nSPS) is 29.9. The zero-order valence-electron chi connectivity index (χ0n) is 11.4. The molecule has 2 fully saturated rings. The van der Waals surface area contributed by atoms with Crippen molar-refractivity contribution in [2.45, 2.75) is 44.1 Å². The fourth-order valence-corrected chi connectivity index (χ4v) is 3.46. The predicted molar refractivity (Wildman–Crippen MR) is 75.1 cm³/mol. The zero-order valence-corrected chi connectivity index (χ0v) is 11.4. The summed E-state index contributed by atoms with van der Waals surface area (Å²) in [5.41, 5.74) is -0.200. The first kappa shape index (κ1) is 13.4. The number of hydrogen-bond acceptors (Lipinski definition) is 2. The highest BCUT2D eigenvalue weighted by atomic mass is 19.1. The first-order valence-corrected chi connectivity index (χ1v) is 7.36. The number of rotatable bonds is 4. The standard InChI is InChI=1S/C16H20FNO2/c17-13-5-7-14(8-6-13)18-16(15(19)20)9-1-2-12(10-16)11-3-4-11/h5-8,11-12,18H,1-4,9-10H2,(H,19,20). The van der Waals surface area contributed by atoms with Gasteiger partial charge in [-0.2, -0.15) is 0 Å². The molecule has 2 aliphatic rings. The molecule has 1 aromatic carbocycles. The molecular formula is C16H20FNO2. The largest absolute Gasteiger partial charge is 0.480 e. The third kappa shape index (κ3) is 2.65. The molecule has 0 bridgehead atoms. The molecule has 3 rings (SSSR count). The molecule has 3 nitrogen and oxygen atoms in total. The Morgan fingerprint density at radius 3 is 2.50 bits per heavy atom. The summed E-state index contributed by atoms with van der Waals surface area (Å²) in [6, 6.07) is 5.94. The van der Waals surface area contributed by atoms with Gasteiger partial charge in [-0.1, -0.05) is 6.42 Å². The van der Waals surface area contributed by atoms with Gasteiger partial charge < -0.3 is 10.4 Å². The second-order valence-electron chi connectivity index (χ2n) is 6.21. The third-order valence-electron chi connectivity index (χ3n) is 4.72. The van der Waals surface area contributed by atoms with Gasteiger partial charge in [-0.05, 0) is 68.2 Å². The van der Waals surface area contributed by atoms with E-state index in [1.807, 2.05) is 0 Å². The Bertz CT molecular complexity index is 498. The van der Waals surface area contributed by atoms with Gasteiger partial charge in [-0.25, -0.2) is 9.18 Å². The molecule has 0 radical (unpaired) electrons. The van der Waals surface area contributed by atoms with Crippen LogP contribution in [0.3, 0.4) is 0 Å². The highest BCUT2D eigenvalue weighted by molar-refractivity contribution is 5.83. The topological polar surface area (TPSA) is 49.3 Å². The van der Waals surface area contributed by atoms with Crippen LogP contribution in [0.15, 0.2) is 24.3 Å². The molecule has 2 aliphatic carbocycles. The second-order valence-corrected chi connectivity index (χ2v) is 6.21. The Labute approximate surface area is 118 Å². The number of aliphatic carboxylic acids is 1. The number of carbonyl (C=O) groups is 1. The van der Waals surface area contributed by atoms with Gasteiger partial charge in [0.15, 0.2) is 0 Å². The molecule has 2 saturated carbocycles. The lowest BCUT2D eigenvalue weighted by Crippen LogP contribution is -2.50. The van der Waals surface area contributed by atoms with Crippen LogP contribution in [0, 0.1) is 17.7 Å². The molecule has 0 aliphatic heterocycles. The number of anilines is 1. The van der Waals surface area contributed by atoms with E-state index in [4.69, 9.17) is 0 Å². The van der Waals surface area contributed by atoms with Crippen molar-refractivity contribution in [2.75, 3.05) is 5.32 Å². The number of carboxylic acid groups (broad SMARTS) is 1. The lowest BCUT2D eigenvalue weighted by molar-refractivity contribution is -0.144. The molecule has 108 valence electrons. The number of hydrogen-bond donors (Lipinski definition) is 2. The van der Waals surface area contributed by atoms with Crippen molar-refractivity contribution < 1.29 is 14.3 Å². The maximum absolute atomic E-state index is 13.0. The van der Waals surface area contributed by atoms with Crippen LogP contribution >= 0.6 is 0 Å². The van der Waals surface area contributed by atoms with Crippen molar-refractivity contribution >= 4 is 11.7 Å². The van der Waals surface area contributed by atoms with E-state index in [1.54, 1.807) is 12.1 Å². The maximum Gasteiger partial charge on any atom is 0.329 e. The average molecular weight is 277 g/mol. The molecule has 2 N–H and O–H groups in total. The summed E-state index contributed by atoms with van der Waals surface area (Å²) in [4.78, 5) is 11.8. The quantitative estimate of drug-likeness (QED) is 0.883. The van der Waals surface area contributed by atoms with E-state index < -0.39 is 11.5 Å². The van der Waals surface area contributed by atoms with Gasteiger partial charge in [0, 0.05) is 5.69 Å². The van der Waals surface area contributed by atoms with Gasteiger partial charge in [-0.3, -0.25) is 0 Å². The van der Waals surface area contributed by atoms with Crippen molar-refractivity contribution in [1.82, 2.24) is 0 Å². The lowest BCUT2D eigenvalue weighted by atomic mass is 9.73. The van der Waals surface area contributed by atoms with E-state index in [1.165, 1.54) is 25.0 Å². The van der Waals surface area contributed by atoms with Crippen LogP contribution in [0.25, 0.3) is 0 Å². The van der Waals surface area contributed by atoms with Crippen LogP contribution in [0.5, 0.6) is 0 Å². The monoisotopic (exact) mass is 277 g/mol. The summed E-state index contributed by atoms with van der Waals surface area (Å²) >= 11 is 0. The van der Waals surface area contributed by atoms with Crippen molar-refractivity contribution in [3.05, 3.63) is 30.1 Å². The third-order valence-corrected chi connectivity index (χ3v) is 4.72. The Morgan fingerprint density at radius 1 is 1.20 bits per heavy atom. The highest BCUT2D eigenvalue weighted by Crippen LogP contribution is 2.47. The number of benzene rings is 1.